The number of benzene rings is 3. The molecule has 2 fully saturated rings. The van der Waals surface area contributed by atoms with Gasteiger partial charge in [0.05, 0.1) is 23.2 Å². The number of aromatic nitrogens is 3. The van der Waals surface area contributed by atoms with Gasteiger partial charge in [-0.15, -0.1) is 0 Å². The Balaban J connectivity index is 1.35. The van der Waals surface area contributed by atoms with E-state index in [9.17, 15) is 18.6 Å². The number of aliphatic hydroxyl groups excluding tert-OH is 1. The molecule has 2 aliphatic heterocycles. The first-order valence-corrected chi connectivity index (χ1v) is 17.3. The number of rotatable bonds is 10. The number of β-amino-alcohol motifs (C(OH)–C–C–N with tert-alkyl or cyclic N) is 1. The zero-order valence-electron chi connectivity index (χ0n) is 26.7. The minimum absolute atomic E-state index is 0.00166. The van der Waals surface area contributed by atoms with Crippen LogP contribution in [0.2, 0.25) is 0 Å². The van der Waals surface area contributed by atoms with Gasteiger partial charge >= 0.3 is 0 Å². The van der Waals surface area contributed by atoms with Crippen molar-refractivity contribution in [3.63, 3.8) is 0 Å². The highest BCUT2D eigenvalue weighted by Gasteiger charge is 2.34. The summed E-state index contributed by atoms with van der Waals surface area (Å²) in [6.45, 7) is 3.51. The summed E-state index contributed by atoms with van der Waals surface area (Å²) in [4.78, 5) is 17.9. The summed E-state index contributed by atoms with van der Waals surface area (Å²) in [5, 5.41) is 24.9. The molecule has 2 saturated heterocycles. The molecule has 0 amide bonds. The molecule has 0 aliphatic carbocycles. The highest BCUT2D eigenvalue weighted by Crippen LogP contribution is 2.36. The van der Waals surface area contributed by atoms with Crippen LogP contribution in [0.4, 0.5) is 29.2 Å². The molecule has 2 aliphatic rings. The average molecular weight is 675 g/mol. The normalized spacial score (nSPS) is 21.4. The van der Waals surface area contributed by atoms with Crippen molar-refractivity contribution in [2.45, 2.75) is 55.4 Å². The van der Waals surface area contributed by atoms with Gasteiger partial charge in [0.1, 0.15) is 5.75 Å². The van der Waals surface area contributed by atoms with Crippen LogP contribution >= 0.6 is 0 Å². The van der Waals surface area contributed by atoms with E-state index < -0.39 is 16.1 Å². The van der Waals surface area contributed by atoms with Crippen LogP contribution in [-0.2, 0) is 16.6 Å². The van der Waals surface area contributed by atoms with Crippen LogP contribution in [0.1, 0.15) is 24.0 Å². The molecule has 0 spiro atoms. The molecule has 254 valence electrons. The second-order valence-electron chi connectivity index (χ2n) is 12.5. The molecule has 0 unspecified atom stereocenters. The standard InChI is InChI=1S/C33H42N10O4S/c1-21-7-10-28(11-8-21)48(46,47)43(17-22-5-3-2-4-6-22)29-12-9-25(14-30(29)45)37-31-38-32(41-18-23(35)13-24(36)19-41)40-33(39-31)42-20-27(44)15-26(42)16-34/h2-12,14,23-24,26-27,44-45H,13,15-20,34-36H2,1H3,(H,37,38,39,40)/t23-,24+,26-,27+/m0/s1. The summed E-state index contributed by atoms with van der Waals surface area (Å²) >= 11 is 0. The number of aromatic hydroxyl groups is 1. The number of phenolic OH excluding ortho intramolecular Hbond substituents is 1. The molecule has 1 aromatic heterocycles. The molecule has 48 heavy (non-hydrogen) atoms. The zero-order valence-corrected chi connectivity index (χ0v) is 27.5. The number of piperidine rings is 1. The van der Waals surface area contributed by atoms with Gasteiger partial charge in [-0.1, -0.05) is 48.0 Å². The summed E-state index contributed by atoms with van der Waals surface area (Å²) in [6.07, 6.45) is 0.589. The molecule has 0 bridgehead atoms. The first kappa shape index (κ1) is 33.4. The van der Waals surface area contributed by atoms with E-state index >= 15 is 0 Å². The fraction of sp³-hybridized carbons (Fsp3) is 0.364. The number of sulfonamides is 1. The number of nitrogens with two attached hydrogens (primary N) is 3. The number of hydrogen-bond donors (Lipinski definition) is 6. The van der Waals surface area contributed by atoms with E-state index in [1.54, 1.807) is 36.4 Å². The fourth-order valence-electron chi connectivity index (χ4n) is 6.21. The molecular formula is C33H42N10O4S. The summed E-state index contributed by atoms with van der Waals surface area (Å²) in [6, 6.07) is 19.9. The van der Waals surface area contributed by atoms with Gasteiger partial charge in [0.2, 0.25) is 17.8 Å². The Morgan fingerprint density at radius 1 is 0.917 bits per heavy atom. The lowest BCUT2D eigenvalue weighted by Crippen LogP contribution is -2.53. The van der Waals surface area contributed by atoms with E-state index in [1.807, 2.05) is 47.1 Å². The Labute approximate surface area is 280 Å². The molecule has 14 nitrogen and oxygen atoms in total. The van der Waals surface area contributed by atoms with Gasteiger partial charge in [0.15, 0.2) is 0 Å². The summed E-state index contributed by atoms with van der Waals surface area (Å²) in [5.41, 5.74) is 20.8. The van der Waals surface area contributed by atoms with Crippen molar-refractivity contribution in [2.24, 2.45) is 17.2 Å². The largest absolute Gasteiger partial charge is 0.506 e. The van der Waals surface area contributed by atoms with Crippen molar-refractivity contribution < 1.29 is 18.6 Å². The van der Waals surface area contributed by atoms with Crippen LogP contribution < -0.4 is 36.6 Å². The van der Waals surface area contributed by atoms with Gasteiger partial charge in [-0.05, 0) is 49.6 Å². The van der Waals surface area contributed by atoms with Gasteiger partial charge < -0.3 is 42.5 Å². The van der Waals surface area contributed by atoms with Crippen molar-refractivity contribution in [1.29, 1.82) is 0 Å². The molecule has 0 saturated carbocycles. The predicted octanol–water partition coefficient (Wildman–Crippen LogP) is 1.79. The van der Waals surface area contributed by atoms with E-state index in [0.29, 0.717) is 56.6 Å². The van der Waals surface area contributed by atoms with Crippen molar-refractivity contribution in [3.8, 4) is 5.75 Å². The maximum atomic E-state index is 14.0. The van der Waals surface area contributed by atoms with Gasteiger partial charge in [-0.2, -0.15) is 15.0 Å². The lowest BCUT2D eigenvalue weighted by Gasteiger charge is -2.35. The van der Waals surface area contributed by atoms with Gasteiger partial charge in [-0.25, -0.2) is 8.42 Å². The quantitative estimate of drug-likeness (QED) is 0.142. The number of hydrogen-bond acceptors (Lipinski definition) is 13. The SMILES string of the molecule is Cc1ccc(S(=O)(=O)N(Cc2ccccc2)c2ccc(Nc3nc(N4C[C@H](N)C[C@H](N)C4)nc(N4C[C@H](O)C[C@H]4CN)n3)cc2O)cc1. The summed E-state index contributed by atoms with van der Waals surface area (Å²) < 4.78 is 29.1. The topological polar surface area (TPSA) is 213 Å². The second-order valence-corrected chi connectivity index (χ2v) is 14.4. The maximum absolute atomic E-state index is 14.0. The Bertz CT molecular complexity index is 1820. The number of nitrogens with zero attached hydrogens (tertiary/aromatic N) is 6. The third kappa shape index (κ3) is 7.29. The van der Waals surface area contributed by atoms with Crippen molar-refractivity contribution in [3.05, 3.63) is 83.9 Å². The lowest BCUT2D eigenvalue weighted by molar-refractivity contribution is 0.194. The van der Waals surface area contributed by atoms with Crippen molar-refractivity contribution in [2.75, 3.05) is 45.6 Å². The van der Waals surface area contributed by atoms with Crippen LogP contribution in [-0.4, -0.2) is 84.0 Å². The molecule has 6 rings (SSSR count). The average Bonchev–Trinajstić information content (AvgIpc) is 3.45. The van der Waals surface area contributed by atoms with E-state index in [4.69, 9.17) is 22.2 Å². The van der Waals surface area contributed by atoms with E-state index in [0.717, 1.165) is 11.1 Å². The molecule has 4 atom stereocenters. The highest BCUT2D eigenvalue weighted by molar-refractivity contribution is 7.92. The monoisotopic (exact) mass is 674 g/mol. The van der Waals surface area contributed by atoms with Crippen molar-refractivity contribution in [1.82, 2.24) is 15.0 Å². The summed E-state index contributed by atoms with van der Waals surface area (Å²) in [5.74, 6) is 0.617. The highest BCUT2D eigenvalue weighted by atomic mass is 32.2. The third-order valence-electron chi connectivity index (χ3n) is 8.61. The number of phenols is 1. The zero-order chi connectivity index (χ0) is 34.0. The number of aryl methyl sites for hydroxylation is 1. The molecule has 4 aromatic rings. The number of anilines is 5. The fourth-order valence-corrected chi connectivity index (χ4v) is 7.68. The van der Waals surface area contributed by atoms with E-state index in [-0.39, 0.29) is 47.0 Å². The third-order valence-corrected chi connectivity index (χ3v) is 10.4. The molecule has 3 aromatic carbocycles. The Hall–Kier alpha value is -4.54. The van der Waals surface area contributed by atoms with Crippen LogP contribution in [0.3, 0.4) is 0 Å². The first-order chi connectivity index (χ1) is 23.0. The minimum Gasteiger partial charge on any atom is -0.506 e. The molecular weight excluding hydrogens is 632 g/mol. The van der Waals surface area contributed by atoms with Gasteiger partial charge in [0, 0.05) is 56.1 Å². The first-order valence-electron chi connectivity index (χ1n) is 15.9. The van der Waals surface area contributed by atoms with Gasteiger partial charge in [-0.3, -0.25) is 4.31 Å². The lowest BCUT2D eigenvalue weighted by atomic mass is 10.0. The number of nitrogens with one attached hydrogen (secondary N) is 1. The minimum atomic E-state index is -4.06. The Morgan fingerprint density at radius 2 is 1.60 bits per heavy atom. The van der Waals surface area contributed by atoms with Crippen LogP contribution in [0.5, 0.6) is 5.75 Å². The van der Waals surface area contributed by atoms with Crippen molar-refractivity contribution >= 4 is 39.2 Å². The van der Waals surface area contributed by atoms with E-state index in [2.05, 4.69) is 15.3 Å². The van der Waals surface area contributed by atoms with Crippen LogP contribution in [0.15, 0.2) is 77.7 Å². The molecule has 0 radical (unpaired) electrons. The molecule has 9 N–H and O–H groups in total. The smallest absolute Gasteiger partial charge is 0.264 e. The Kier molecular flexibility index (Phi) is 9.66. The number of aliphatic hydroxyl groups is 1. The van der Waals surface area contributed by atoms with Crippen LogP contribution in [0.25, 0.3) is 0 Å². The molecule has 3 heterocycles. The second kappa shape index (κ2) is 13.9. The van der Waals surface area contributed by atoms with E-state index in [1.165, 1.54) is 10.4 Å². The van der Waals surface area contributed by atoms with Gasteiger partial charge in [0.25, 0.3) is 10.0 Å². The Morgan fingerprint density at radius 3 is 2.27 bits per heavy atom. The molecule has 15 heteroatoms. The predicted molar refractivity (Wildman–Crippen MR) is 186 cm³/mol. The van der Waals surface area contributed by atoms with Crippen LogP contribution in [0, 0.1) is 6.92 Å². The summed E-state index contributed by atoms with van der Waals surface area (Å²) in [7, 11) is -4.06. The maximum Gasteiger partial charge on any atom is 0.264 e.